The van der Waals surface area contributed by atoms with Crippen molar-refractivity contribution in [2.24, 2.45) is 5.41 Å². The molecule has 3 rings (SSSR count). The van der Waals surface area contributed by atoms with Gasteiger partial charge in [0.2, 0.25) is 0 Å². The predicted octanol–water partition coefficient (Wildman–Crippen LogP) is 3.81. The number of rotatable bonds is 1. The summed E-state index contributed by atoms with van der Waals surface area (Å²) < 4.78 is 0. The van der Waals surface area contributed by atoms with Gasteiger partial charge in [0.25, 0.3) is 0 Å². The van der Waals surface area contributed by atoms with Crippen LogP contribution in [-0.2, 0) is 0 Å². The first-order valence-electron chi connectivity index (χ1n) is 7.85. The van der Waals surface area contributed by atoms with E-state index in [1.54, 1.807) is 0 Å². The molecule has 20 heavy (non-hydrogen) atoms. The first-order chi connectivity index (χ1) is 9.72. The van der Waals surface area contributed by atoms with Gasteiger partial charge in [-0.2, -0.15) is 5.26 Å². The van der Waals surface area contributed by atoms with Crippen LogP contribution in [0.5, 0.6) is 0 Å². The maximum Gasteiger partial charge on any atom is 0.146 e. The number of hydrogen-bond acceptors (Lipinski definition) is 3. The van der Waals surface area contributed by atoms with Crippen molar-refractivity contribution < 1.29 is 0 Å². The zero-order valence-corrected chi connectivity index (χ0v) is 12.4. The Kier molecular flexibility index (Phi) is 3.65. The van der Waals surface area contributed by atoms with Crippen molar-refractivity contribution in [3.8, 4) is 6.07 Å². The predicted molar refractivity (Wildman–Crippen MR) is 80.7 cm³/mol. The van der Waals surface area contributed by atoms with Crippen LogP contribution in [0.3, 0.4) is 0 Å². The van der Waals surface area contributed by atoms with Gasteiger partial charge in [0.15, 0.2) is 0 Å². The first kappa shape index (κ1) is 13.4. The summed E-state index contributed by atoms with van der Waals surface area (Å²) in [5.41, 5.74) is 2.32. The minimum absolute atomic E-state index is 0.603. The van der Waals surface area contributed by atoms with Crippen molar-refractivity contribution >= 4 is 5.82 Å². The number of anilines is 1. The summed E-state index contributed by atoms with van der Waals surface area (Å²) >= 11 is 0. The lowest BCUT2D eigenvalue weighted by molar-refractivity contribution is 0.144. The van der Waals surface area contributed by atoms with E-state index in [2.05, 4.69) is 16.0 Å². The van der Waals surface area contributed by atoms with Gasteiger partial charge in [0.1, 0.15) is 11.9 Å². The monoisotopic (exact) mass is 269 g/mol. The van der Waals surface area contributed by atoms with Crippen molar-refractivity contribution in [2.45, 2.75) is 51.9 Å². The molecule has 106 valence electrons. The molecule has 0 N–H and O–H groups in total. The molecule has 1 aromatic rings. The van der Waals surface area contributed by atoms with Crippen molar-refractivity contribution in [1.29, 1.82) is 5.26 Å². The fourth-order valence-corrected chi connectivity index (χ4v) is 3.87. The largest absolute Gasteiger partial charge is 0.355 e. The summed E-state index contributed by atoms with van der Waals surface area (Å²) in [5.74, 6) is 0.901. The molecule has 3 nitrogen and oxygen atoms in total. The number of nitriles is 1. The molecule has 1 spiro atoms. The number of piperidine rings is 1. The van der Waals surface area contributed by atoms with Gasteiger partial charge in [0.05, 0.1) is 5.56 Å². The summed E-state index contributed by atoms with van der Waals surface area (Å²) in [4.78, 5) is 6.93. The molecule has 0 aromatic carbocycles. The van der Waals surface area contributed by atoms with Crippen molar-refractivity contribution in [2.75, 3.05) is 18.0 Å². The van der Waals surface area contributed by atoms with Crippen LogP contribution in [0.15, 0.2) is 12.1 Å². The Balaban J connectivity index is 1.75. The molecule has 1 aliphatic carbocycles. The van der Waals surface area contributed by atoms with Gasteiger partial charge >= 0.3 is 0 Å². The maximum atomic E-state index is 9.27. The third-order valence-electron chi connectivity index (χ3n) is 5.17. The molecule has 1 aliphatic heterocycles. The molecule has 0 bridgehead atoms. The van der Waals surface area contributed by atoms with Crippen LogP contribution in [0, 0.1) is 23.7 Å². The van der Waals surface area contributed by atoms with Crippen LogP contribution in [0.4, 0.5) is 5.82 Å². The van der Waals surface area contributed by atoms with E-state index in [0.29, 0.717) is 5.41 Å². The molecule has 0 amide bonds. The highest BCUT2D eigenvalue weighted by molar-refractivity contribution is 5.54. The van der Waals surface area contributed by atoms with Gasteiger partial charge in [-0.3, -0.25) is 0 Å². The smallest absolute Gasteiger partial charge is 0.146 e. The fraction of sp³-hybridized carbons (Fsp3) is 0.647. The highest BCUT2D eigenvalue weighted by Crippen LogP contribution is 2.45. The van der Waals surface area contributed by atoms with Gasteiger partial charge in [-0.1, -0.05) is 19.3 Å². The van der Waals surface area contributed by atoms with Gasteiger partial charge in [-0.15, -0.1) is 0 Å². The Bertz CT molecular complexity index is 514. The quantitative estimate of drug-likeness (QED) is 0.778. The van der Waals surface area contributed by atoms with E-state index in [1.807, 2.05) is 19.1 Å². The van der Waals surface area contributed by atoms with E-state index in [0.717, 1.165) is 30.2 Å². The Morgan fingerprint density at radius 3 is 2.45 bits per heavy atom. The standard InChI is InChI=1S/C17H23N3/c1-14-5-6-15(13-18)16(19-14)20-11-9-17(10-12-20)7-3-2-4-8-17/h5-6H,2-4,7-12H2,1H3. The molecule has 0 unspecified atom stereocenters. The van der Waals surface area contributed by atoms with E-state index in [9.17, 15) is 5.26 Å². The molecule has 2 heterocycles. The second-order valence-electron chi connectivity index (χ2n) is 6.48. The Morgan fingerprint density at radius 2 is 1.80 bits per heavy atom. The zero-order valence-electron chi connectivity index (χ0n) is 12.4. The molecule has 0 atom stereocenters. The third kappa shape index (κ3) is 2.52. The molecule has 1 saturated heterocycles. The van der Waals surface area contributed by atoms with Gasteiger partial charge in [-0.25, -0.2) is 4.98 Å². The number of nitrogens with zero attached hydrogens (tertiary/aromatic N) is 3. The molecule has 1 aromatic heterocycles. The molecule has 3 heteroatoms. The second-order valence-corrected chi connectivity index (χ2v) is 6.48. The lowest BCUT2D eigenvalue weighted by atomic mass is 9.68. The van der Waals surface area contributed by atoms with Gasteiger partial charge in [-0.05, 0) is 50.2 Å². The van der Waals surface area contributed by atoms with Crippen LogP contribution >= 0.6 is 0 Å². The highest BCUT2D eigenvalue weighted by Gasteiger charge is 2.36. The van der Waals surface area contributed by atoms with E-state index in [-0.39, 0.29) is 0 Å². The fourth-order valence-electron chi connectivity index (χ4n) is 3.87. The van der Waals surface area contributed by atoms with Crippen molar-refractivity contribution in [3.05, 3.63) is 23.4 Å². The molecule has 2 fully saturated rings. The van der Waals surface area contributed by atoms with Crippen LogP contribution in [0.1, 0.15) is 56.2 Å². The zero-order chi connectivity index (χ0) is 14.0. The van der Waals surface area contributed by atoms with E-state index < -0.39 is 0 Å². The van der Waals surface area contributed by atoms with Crippen molar-refractivity contribution in [1.82, 2.24) is 4.98 Å². The van der Waals surface area contributed by atoms with Crippen LogP contribution in [0.25, 0.3) is 0 Å². The summed E-state index contributed by atoms with van der Waals surface area (Å²) in [6, 6.07) is 6.12. The Morgan fingerprint density at radius 1 is 1.10 bits per heavy atom. The highest BCUT2D eigenvalue weighted by atomic mass is 15.2. The normalized spacial score (nSPS) is 21.7. The van der Waals surface area contributed by atoms with E-state index in [4.69, 9.17) is 0 Å². The average Bonchev–Trinajstić information content (AvgIpc) is 2.49. The second kappa shape index (κ2) is 5.44. The van der Waals surface area contributed by atoms with E-state index in [1.165, 1.54) is 44.9 Å². The summed E-state index contributed by atoms with van der Waals surface area (Å²) in [7, 11) is 0. The van der Waals surface area contributed by atoms with Gasteiger partial charge < -0.3 is 4.90 Å². The van der Waals surface area contributed by atoms with Crippen LogP contribution in [0.2, 0.25) is 0 Å². The number of pyridine rings is 1. The number of aromatic nitrogens is 1. The van der Waals surface area contributed by atoms with Gasteiger partial charge in [0, 0.05) is 18.8 Å². The van der Waals surface area contributed by atoms with E-state index >= 15 is 0 Å². The summed E-state index contributed by atoms with van der Waals surface area (Å²) in [5, 5.41) is 9.27. The third-order valence-corrected chi connectivity index (χ3v) is 5.17. The minimum atomic E-state index is 0.603. The minimum Gasteiger partial charge on any atom is -0.355 e. The molecule has 1 saturated carbocycles. The average molecular weight is 269 g/mol. The van der Waals surface area contributed by atoms with Crippen LogP contribution in [-0.4, -0.2) is 18.1 Å². The van der Waals surface area contributed by atoms with Crippen molar-refractivity contribution in [3.63, 3.8) is 0 Å². The summed E-state index contributed by atoms with van der Waals surface area (Å²) in [6.07, 6.45) is 9.60. The topological polar surface area (TPSA) is 39.9 Å². The molecular formula is C17H23N3. The number of hydrogen-bond donors (Lipinski definition) is 0. The first-order valence-corrected chi connectivity index (χ1v) is 7.85. The molecule has 2 aliphatic rings. The molecular weight excluding hydrogens is 246 g/mol. The SMILES string of the molecule is Cc1ccc(C#N)c(N2CCC3(CCCCC3)CC2)n1. The molecule has 0 radical (unpaired) electrons. The number of aryl methyl sites for hydroxylation is 1. The lowest BCUT2D eigenvalue weighted by Gasteiger charge is -2.44. The Labute approximate surface area is 121 Å². The maximum absolute atomic E-state index is 9.27. The summed E-state index contributed by atoms with van der Waals surface area (Å²) in [6.45, 7) is 4.12. The van der Waals surface area contributed by atoms with Crippen LogP contribution < -0.4 is 4.90 Å². The Hall–Kier alpha value is -1.56. The lowest BCUT2D eigenvalue weighted by Crippen LogP contribution is -2.41.